The van der Waals surface area contributed by atoms with Gasteiger partial charge in [0.15, 0.2) is 0 Å². The Bertz CT molecular complexity index is 606. The molecule has 2 rings (SSSR count). The molecule has 5 nitrogen and oxygen atoms in total. The van der Waals surface area contributed by atoms with E-state index >= 15 is 0 Å². The third-order valence-corrected chi connectivity index (χ3v) is 4.04. The molecule has 1 unspecified atom stereocenters. The van der Waals surface area contributed by atoms with E-state index < -0.39 is 0 Å². The summed E-state index contributed by atoms with van der Waals surface area (Å²) in [5.41, 5.74) is 4.63. The highest BCUT2D eigenvalue weighted by Gasteiger charge is 2.17. The van der Waals surface area contributed by atoms with Gasteiger partial charge < -0.3 is 10.1 Å². The fourth-order valence-corrected chi connectivity index (χ4v) is 2.72. The van der Waals surface area contributed by atoms with Gasteiger partial charge in [0.05, 0.1) is 24.5 Å². The Morgan fingerprint density at radius 1 is 1.38 bits per heavy atom. The SMILES string of the molecule is CNC(CCc1c(C)nn(C)c1C)c1ncccc1OC. The van der Waals surface area contributed by atoms with Gasteiger partial charge in [0, 0.05) is 18.9 Å². The van der Waals surface area contributed by atoms with E-state index in [1.54, 1.807) is 7.11 Å². The maximum absolute atomic E-state index is 5.41. The number of ether oxygens (including phenoxy) is 1. The molecule has 114 valence electrons. The number of nitrogens with one attached hydrogen (secondary N) is 1. The third-order valence-electron chi connectivity index (χ3n) is 4.04. The fraction of sp³-hybridized carbons (Fsp3) is 0.500. The largest absolute Gasteiger partial charge is 0.495 e. The van der Waals surface area contributed by atoms with Gasteiger partial charge >= 0.3 is 0 Å². The molecule has 2 heterocycles. The first kappa shape index (κ1) is 15.5. The Hall–Kier alpha value is -1.88. The van der Waals surface area contributed by atoms with Gasteiger partial charge in [-0.05, 0) is 51.4 Å². The van der Waals surface area contributed by atoms with E-state index in [4.69, 9.17) is 4.74 Å². The Kier molecular flexibility index (Phi) is 4.96. The number of rotatable bonds is 6. The van der Waals surface area contributed by atoms with E-state index in [-0.39, 0.29) is 6.04 Å². The number of nitrogens with zero attached hydrogens (tertiary/aromatic N) is 3. The lowest BCUT2D eigenvalue weighted by molar-refractivity contribution is 0.393. The summed E-state index contributed by atoms with van der Waals surface area (Å²) >= 11 is 0. The van der Waals surface area contributed by atoms with Crippen molar-refractivity contribution >= 4 is 0 Å². The lowest BCUT2D eigenvalue weighted by Crippen LogP contribution is -2.19. The van der Waals surface area contributed by atoms with Crippen LogP contribution in [0.2, 0.25) is 0 Å². The molecule has 0 fully saturated rings. The van der Waals surface area contributed by atoms with Crippen molar-refractivity contribution in [3.05, 3.63) is 41.0 Å². The molecule has 0 saturated heterocycles. The minimum atomic E-state index is 0.167. The second-order valence-electron chi connectivity index (χ2n) is 5.24. The van der Waals surface area contributed by atoms with Gasteiger partial charge in [0.2, 0.25) is 0 Å². The van der Waals surface area contributed by atoms with Crippen molar-refractivity contribution in [1.29, 1.82) is 0 Å². The van der Waals surface area contributed by atoms with Gasteiger partial charge in [-0.2, -0.15) is 5.10 Å². The van der Waals surface area contributed by atoms with Gasteiger partial charge in [0.1, 0.15) is 5.75 Å². The summed E-state index contributed by atoms with van der Waals surface area (Å²) < 4.78 is 7.36. The van der Waals surface area contributed by atoms with Gasteiger partial charge in [-0.3, -0.25) is 9.67 Å². The Morgan fingerprint density at radius 3 is 2.71 bits per heavy atom. The van der Waals surface area contributed by atoms with Crippen molar-refractivity contribution < 1.29 is 4.74 Å². The second kappa shape index (κ2) is 6.72. The van der Waals surface area contributed by atoms with E-state index in [1.165, 1.54) is 11.3 Å². The lowest BCUT2D eigenvalue weighted by atomic mass is 10.0. The molecule has 5 heteroatoms. The molecule has 0 aliphatic rings. The molecule has 0 radical (unpaired) electrons. The topological polar surface area (TPSA) is 52.0 Å². The average molecular weight is 288 g/mol. The third kappa shape index (κ3) is 3.24. The Balaban J connectivity index is 2.16. The first-order chi connectivity index (χ1) is 10.1. The maximum Gasteiger partial charge on any atom is 0.141 e. The number of hydrogen-bond acceptors (Lipinski definition) is 4. The first-order valence-corrected chi connectivity index (χ1v) is 7.23. The van der Waals surface area contributed by atoms with Crippen LogP contribution in [-0.4, -0.2) is 28.9 Å². The van der Waals surface area contributed by atoms with Gasteiger partial charge in [-0.25, -0.2) is 0 Å². The predicted molar refractivity (Wildman–Crippen MR) is 83.6 cm³/mol. The first-order valence-electron chi connectivity index (χ1n) is 7.23. The van der Waals surface area contributed by atoms with E-state index in [2.05, 4.69) is 29.2 Å². The van der Waals surface area contributed by atoms with Crippen LogP contribution in [0.25, 0.3) is 0 Å². The zero-order valence-corrected chi connectivity index (χ0v) is 13.5. The molecule has 0 bridgehead atoms. The molecule has 2 aromatic heterocycles. The van der Waals surface area contributed by atoms with Gasteiger partial charge in [-0.15, -0.1) is 0 Å². The summed E-state index contributed by atoms with van der Waals surface area (Å²) in [5, 5.41) is 7.82. The molecule has 1 N–H and O–H groups in total. The van der Waals surface area contributed by atoms with Crippen LogP contribution < -0.4 is 10.1 Å². The summed E-state index contributed by atoms with van der Waals surface area (Å²) in [5.74, 6) is 0.830. The highest BCUT2D eigenvalue weighted by molar-refractivity contribution is 5.30. The molecule has 21 heavy (non-hydrogen) atoms. The van der Waals surface area contributed by atoms with Crippen LogP contribution in [0, 0.1) is 13.8 Å². The molecule has 0 amide bonds. The molecule has 0 spiro atoms. The summed E-state index contributed by atoms with van der Waals surface area (Å²) in [6.07, 6.45) is 3.73. The smallest absolute Gasteiger partial charge is 0.141 e. The number of pyridine rings is 1. The summed E-state index contributed by atoms with van der Waals surface area (Å²) in [4.78, 5) is 4.47. The van der Waals surface area contributed by atoms with E-state index in [0.29, 0.717) is 0 Å². The minimum absolute atomic E-state index is 0.167. The normalized spacial score (nSPS) is 12.4. The molecule has 0 aliphatic carbocycles. The van der Waals surface area contributed by atoms with Crippen molar-refractivity contribution in [2.45, 2.75) is 32.7 Å². The summed E-state index contributed by atoms with van der Waals surface area (Å²) in [6.45, 7) is 4.18. The van der Waals surface area contributed by atoms with Crippen molar-refractivity contribution in [1.82, 2.24) is 20.1 Å². The number of aryl methyl sites for hydroxylation is 2. The van der Waals surface area contributed by atoms with E-state index in [0.717, 1.165) is 30.0 Å². The second-order valence-corrected chi connectivity index (χ2v) is 5.24. The van der Waals surface area contributed by atoms with Crippen molar-refractivity contribution in [3.63, 3.8) is 0 Å². The quantitative estimate of drug-likeness (QED) is 0.886. The minimum Gasteiger partial charge on any atom is -0.495 e. The van der Waals surface area contributed by atoms with Crippen LogP contribution in [-0.2, 0) is 13.5 Å². The fourth-order valence-electron chi connectivity index (χ4n) is 2.72. The maximum atomic E-state index is 5.41. The molecular formula is C16H24N4O. The zero-order chi connectivity index (χ0) is 15.4. The Labute approximate surface area is 126 Å². The molecular weight excluding hydrogens is 264 g/mol. The van der Waals surface area contributed by atoms with E-state index in [9.17, 15) is 0 Å². The van der Waals surface area contributed by atoms with Crippen molar-refractivity contribution in [2.75, 3.05) is 14.2 Å². The van der Waals surface area contributed by atoms with Crippen LogP contribution in [0.15, 0.2) is 18.3 Å². The van der Waals surface area contributed by atoms with E-state index in [1.807, 2.05) is 37.1 Å². The molecule has 0 saturated carbocycles. The highest BCUT2D eigenvalue weighted by Crippen LogP contribution is 2.26. The average Bonchev–Trinajstić information content (AvgIpc) is 2.74. The number of hydrogen-bond donors (Lipinski definition) is 1. The molecule has 2 aromatic rings. The number of aromatic nitrogens is 3. The number of methoxy groups -OCH3 is 1. The standard InChI is InChI=1S/C16H24N4O/c1-11-13(12(2)20(4)19-11)8-9-14(17-3)16-15(21-5)7-6-10-18-16/h6-7,10,14,17H,8-9H2,1-5H3. The lowest BCUT2D eigenvalue weighted by Gasteiger charge is -2.18. The van der Waals surface area contributed by atoms with Crippen molar-refractivity contribution in [2.24, 2.45) is 7.05 Å². The van der Waals surface area contributed by atoms with Crippen LogP contribution in [0.5, 0.6) is 5.75 Å². The van der Waals surface area contributed by atoms with Crippen LogP contribution in [0.1, 0.15) is 35.1 Å². The summed E-state index contributed by atoms with van der Waals surface area (Å²) in [6, 6.07) is 4.01. The van der Waals surface area contributed by atoms with Crippen LogP contribution >= 0.6 is 0 Å². The summed E-state index contributed by atoms with van der Waals surface area (Å²) in [7, 11) is 5.63. The Morgan fingerprint density at radius 2 is 2.14 bits per heavy atom. The predicted octanol–water partition coefficient (Wildman–Crippen LogP) is 2.33. The van der Waals surface area contributed by atoms with Gasteiger partial charge in [-0.1, -0.05) is 0 Å². The zero-order valence-electron chi connectivity index (χ0n) is 13.5. The van der Waals surface area contributed by atoms with Crippen LogP contribution in [0.3, 0.4) is 0 Å². The molecule has 1 atom stereocenters. The monoisotopic (exact) mass is 288 g/mol. The van der Waals surface area contributed by atoms with Crippen LogP contribution in [0.4, 0.5) is 0 Å². The van der Waals surface area contributed by atoms with Crippen molar-refractivity contribution in [3.8, 4) is 5.75 Å². The highest BCUT2D eigenvalue weighted by atomic mass is 16.5. The van der Waals surface area contributed by atoms with Gasteiger partial charge in [0.25, 0.3) is 0 Å². The molecule has 0 aromatic carbocycles. The molecule has 0 aliphatic heterocycles.